The average molecular weight is 206 g/mol. The van der Waals surface area contributed by atoms with Crippen LogP contribution in [0.5, 0.6) is 0 Å². The lowest BCUT2D eigenvalue weighted by molar-refractivity contribution is -0.139. The summed E-state index contributed by atoms with van der Waals surface area (Å²) in [4.78, 5) is 10.9. The minimum Gasteiger partial charge on any atom is -0.462 e. The molecule has 0 aliphatic heterocycles. The van der Waals surface area contributed by atoms with Gasteiger partial charge in [0, 0.05) is 6.08 Å². The van der Waals surface area contributed by atoms with Crippen LogP contribution in [0.25, 0.3) is 0 Å². The summed E-state index contributed by atoms with van der Waals surface area (Å²) >= 11 is 0. The zero-order valence-corrected chi connectivity index (χ0v) is 9.19. The first-order valence-corrected chi connectivity index (χ1v) is 5.68. The van der Waals surface area contributed by atoms with E-state index in [9.17, 15) is 4.79 Å². The third-order valence-electron chi connectivity index (χ3n) is 3.72. The molecule has 82 valence electrons. The van der Waals surface area contributed by atoms with Gasteiger partial charge in [-0.25, -0.2) is 4.79 Å². The van der Waals surface area contributed by atoms with Crippen LogP contribution in [-0.4, -0.2) is 12.6 Å². The molecule has 0 heterocycles. The van der Waals surface area contributed by atoms with Crippen molar-refractivity contribution in [3.63, 3.8) is 0 Å². The summed E-state index contributed by atoms with van der Waals surface area (Å²) in [6, 6.07) is 0. The molecule has 4 unspecified atom stereocenters. The van der Waals surface area contributed by atoms with E-state index >= 15 is 0 Å². The van der Waals surface area contributed by atoms with E-state index in [4.69, 9.17) is 4.74 Å². The molecule has 2 bridgehead atoms. The lowest BCUT2D eigenvalue weighted by Gasteiger charge is -2.24. The molecule has 0 radical (unpaired) electrons. The van der Waals surface area contributed by atoms with Crippen LogP contribution in [0, 0.1) is 23.7 Å². The van der Waals surface area contributed by atoms with E-state index in [-0.39, 0.29) is 5.97 Å². The highest BCUT2D eigenvalue weighted by Gasteiger charge is 2.38. The van der Waals surface area contributed by atoms with Gasteiger partial charge in [0.15, 0.2) is 0 Å². The Morgan fingerprint density at radius 1 is 1.60 bits per heavy atom. The van der Waals surface area contributed by atoms with Gasteiger partial charge >= 0.3 is 5.97 Å². The van der Waals surface area contributed by atoms with E-state index < -0.39 is 0 Å². The third-order valence-corrected chi connectivity index (χ3v) is 3.72. The van der Waals surface area contributed by atoms with Crippen LogP contribution in [0.1, 0.15) is 19.8 Å². The summed E-state index contributed by atoms with van der Waals surface area (Å²) in [7, 11) is 0. The quantitative estimate of drug-likeness (QED) is 0.401. The van der Waals surface area contributed by atoms with Gasteiger partial charge < -0.3 is 4.74 Å². The minimum atomic E-state index is -0.305. The highest BCUT2D eigenvalue weighted by molar-refractivity contribution is 5.81. The molecule has 2 heteroatoms. The van der Waals surface area contributed by atoms with Crippen molar-refractivity contribution >= 4 is 5.97 Å². The SMILES string of the molecule is C=CC(=O)OCC(C)C1CC2C=CC1C2. The maximum Gasteiger partial charge on any atom is 0.330 e. The van der Waals surface area contributed by atoms with Gasteiger partial charge in [0.25, 0.3) is 0 Å². The Bertz CT molecular complexity index is 293. The number of ether oxygens (including phenoxy) is 1. The number of rotatable bonds is 4. The van der Waals surface area contributed by atoms with Crippen LogP contribution >= 0.6 is 0 Å². The summed E-state index contributed by atoms with van der Waals surface area (Å²) in [5.41, 5.74) is 0. The number of fused-ring (bicyclic) bond motifs is 2. The van der Waals surface area contributed by atoms with Gasteiger partial charge in [-0.2, -0.15) is 0 Å². The van der Waals surface area contributed by atoms with E-state index in [0.717, 1.165) is 11.8 Å². The molecule has 2 aliphatic carbocycles. The highest BCUT2D eigenvalue weighted by atomic mass is 16.5. The third kappa shape index (κ3) is 2.14. The first-order chi connectivity index (χ1) is 7.20. The molecule has 4 atom stereocenters. The Morgan fingerprint density at radius 2 is 2.40 bits per heavy atom. The molecule has 2 nitrogen and oxygen atoms in total. The maximum absolute atomic E-state index is 10.9. The Morgan fingerprint density at radius 3 is 2.93 bits per heavy atom. The molecule has 0 aromatic carbocycles. The Balaban J connectivity index is 1.81. The number of hydrogen-bond donors (Lipinski definition) is 0. The van der Waals surface area contributed by atoms with Crippen LogP contribution in [0.3, 0.4) is 0 Å². The molecule has 0 spiro atoms. The van der Waals surface area contributed by atoms with Crippen molar-refractivity contribution in [2.75, 3.05) is 6.61 Å². The zero-order chi connectivity index (χ0) is 10.8. The van der Waals surface area contributed by atoms with Crippen molar-refractivity contribution in [2.24, 2.45) is 23.7 Å². The lowest BCUT2D eigenvalue weighted by Crippen LogP contribution is -2.22. The molecular formula is C13H18O2. The van der Waals surface area contributed by atoms with Crippen LogP contribution in [0.2, 0.25) is 0 Å². The topological polar surface area (TPSA) is 26.3 Å². The number of esters is 1. The monoisotopic (exact) mass is 206 g/mol. The van der Waals surface area contributed by atoms with Crippen molar-refractivity contribution in [2.45, 2.75) is 19.8 Å². The first kappa shape index (κ1) is 10.5. The first-order valence-electron chi connectivity index (χ1n) is 5.68. The van der Waals surface area contributed by atoms with Crippen molar-refractivity contribution in [3.05, 3.63) is 24.8 Å². The molecule has 15 heavy (non-hydrogen) atoms. The minimum absolute atomic E-state index is 0.305. The van der Waals surface area contributed by atoms with E-state index in [2.05, 4.69) is 25.7 Å². The largest absolute Gasteiger partial charge is 0.462 e. The smallest absolute Gasteiger partial charge is 0.330 e. The number of allylic oxidation sites excluding steroid dienone is 2. The van der Waals surface area contributed by atoms with E-state index in [1.165, 1.54) is 18.9 Å². The molecule has 1 saturated carbocycles. The van der Waals surface area contributed by atoms with Crippen LogP contribution < -0.4 is 0 Å². The molecule has 0 N–H and O–H groups in total. The zero-order valence-electron chi connectivity index (χ0n) is 9.19. The van der Waals surface area contributed by atoms with Crippen LogP contribution in [-0.2, 0) is 9.53 Å². The fraction of sp³-hybridized carbons (Fsp3) is 0.615. The second kappa shape index (κ2) is 4.21. The number of hydrogen-bond acceptors (Lipinski definition) is 2. The molecule has 0 aromatic heterocycles. The van der Waals surface area contributed by atoms with Crippen molar-refractivity contribution in [1.82, 2.24) is 0 Å². The highest BCUT2D eigenvalue weighted by Crippen LogP contribution is 2.46. The predicted octanol–water partition coefficient (Wildman–Crippen LogP) is 2.56. The summed E-state index contributed by atoms with van der Waals surface area (Å²) in [6.07, 6.45) is 8.49. The summed E-state index contributed by atoms with van der Waals surface area (Å²) < 4.78 is 5.09. The fourth-order valence-electron chi connectivity index (χ4n) is 2.87. The van der Waals surface area contributed by atoms with Gasteiger partial charge in [-0.05, 0) is 36.5 Å². The number of carbonyl (C=O) groups is 1. The second-order valence-corrected chi connectivity index (χ2v) is 4.76. The molecular weight excluding hydrogens is 188 g/mol. The van der Waals surface area contributed by atoms with Crippen molar-refractivity contribution in [1.29, 1.82) is 0 Å². The Kier molecular flexibility index (Phi) is 2.94. The standard InChI is InChI=1S/C13H18O2/c1-3-13(14)15-8-9(2)12-7-10-4-5-11(12)6-10/h3-5,9-12H,1,6-8H2,2H3. The van der Waals surface area contributed by atoms with Gasteiger partial charge in [0.2, 0.25) is 0 Å². The normalized spacial score (nSPS) is 34.1. The van der Waals surface area contributed by atoms with Gasteiger partial charge in [0.1, 0.15) is 0 Å². The lowest BCUT2D eigenvalue weighted by atomic mass is 9.83. The predicted molar refractivity (Wildman–Crippen MR) is 59.2 cm³/mol. The molecule has 1 fully saturated rings. The second-order valence-electron chi connectivity index (χ2n) is 4.76. The van der Waals surface area contributed by atoms with E-state index in [0.29, 0.717) is 18.4 Å². The maximum atomic E-state index is 10.9. The average Bonchev–Trinajstić information content (AvgIpc) is 2.86. The van der Waals surface area contributed by atoms with Crippen LogP contribution in [0.4, 0.5) is 0 Å². The molecule has 0 saturated heterocycles. The van der Waals surface area contributed by atoms with Crippen LogP contribution in [0.15, 0.2) is 24.8 Å². The van der Waals surface area contributed by atoms with Gasteiger partial charge in [-0.3, -0.25) is 0 Å². The Labute approximate surface area is 91.0 Å². The fourth-order valence-corrected chi connectivity index (χ4v) is 2.87. The molecule has 0 amide bonds. The Hall–Kier alpha value is -1.05. The summed E-state index contributed by atoms with van der Waals surface area (Å²) in [5, 5.41) is 0. The van der Waals surface area contributed by atoms with E-state index in [1.807, 2.05) is 0 Å². The molecule has 2 aliphatic rings. The van der Waals surface area contributed by atoms with Gasteiger partial charge in [-0.15, -0.1) is 0 Å². The molecule has 2 rings (SSSR count). The van der Waals surface area contributed by atoms with Gasteiger partial charge in [0.05, 0.1) is 6.61 Å². The van der Waals surface area contributed by atoms with Crippen molar-refractivity contribution < 1.29 is 9.53 Å². The van der Waals surface area contributed by atoms with Gasteiger partial charge in [-0.1, -0.05) is 25.7 Å². The van der Waals surface area contributed by atoms with E-state index in [1.54, 1.807) is 0 Å². The summed E-state index contributed by atoms with van der Waals surface area (Å²) in [6.45, 7) is 6.10. The number of carbonyl (C=O) groups excluding carboxylic acids is 1. The molecule has 0 aromatic rings. The summed E-state index contributed by atoms with van der Waals surface area (Å²) in [5.74, 6) is 2.39. The van der Waals surface area contributed by atoms with Crippen molar-refractivity contribution in [3.8, 4) is 0 Å².